The second-order valence-corrected chi connectivity index (χ2v) is 6.53. The number of carbonyl (C=O) groups is 1. The first kappa shape index (κ1) is 18.9. The van der Waals surface area contributed by atoms with Crippen LogP contribution in [0, 0.1) is 5.82 Å². The van der Waals surface area contributed by atoms with Gasteiger partial charge in [-0.05, 0) is 48.5 Å². The average molecular weight is 398 g/mol. The molecule has 0 aliphatic carbocycles. The minimum absolute atomic E-state index is 0.0256. The summed E-state index contributed by atoms with van der Waals surface area (Å²) in [6, 6.07) is 12.8. The van der Waals surface area contributed by atoms with Crippen LogP contribution in [-0.4, -0.2) is 42.0 Å². The molecule has 2 aromatic carbocycles. The molecule has 4 rings (SSSR count). The number of carbonyl (C=O) groups excluding carboxylic acids is 1. The Labute approximate surface area is 165 Å². The van der Waals surface area contributed by atoms with Gasteiger partial charge in [-0.25, -0.2) is 9.18 Å². The van der Waals surface area contributed by atoms with Crippen LogP contribution in [0.15, 0.2) is 57.7 Å². The third-order valence-corrected chi connectivity index (χ3v) is 4.52. The van der Waals surface area contributed by atoms with Gasteiger partial charge in [0, 0.05) is 30.0 Å². The molecule has 0 saturated carbocycles. The summed E-state index contributed by atoms with van der Waals surface area (Å²) in [5.74, 6) is -1.56. The van der Waals surface area contributed by atoms with Crippen molar-refractivity contribution in [2.75, 3.05) is 36.5 Å². The number of nitrogens with one attached hydrogen (secondary N) is 1. The van der Waals surface area contributed by atoms with Gasteiger partial charge in [-0.15, -0.1) is 5.10 Å². The fourth-order valence-electron chi connectivity index (χ4n) is 3.03. The van der Waals surface area contributed by atoms with Crippen LogP contribution in [0.5, 0.6) is 0 Å². The van der Waals surface area contributed by atoms with Crippen LogP contribution in [0.25, 0.3) is 11.5 Å². The summed E-state index contributed by atoms with van der Waals surface area (Å²) < 4.78 is 24.3. The molecule has 1 saturated heterocycles. The quantitative estimate of drug-likeness (QED) is 0.708. The standard InChI is InChI=1S/C20H19FN4O4/c21-15-3-1-14(2-4-15)19-23-25(20(27)29-19)13-18(26)22-16-5-7-17(8-6-16)24-9-11-28-12-10-24/h1-8H,9-13H2,(H,22,26). The van der Waals surface area contributed by atoms with Crippen molar-refractivity contribution < 1.29 is 18.3 Å². The highest BCUT2D eigenvalue weighted by molar-refractivity contribution is 5.90. The number of rotatable bonds is 5. The minimum atomic E-state index is -0.762. The number of ether oxygens (including phenoxy) is 1. The third-order valence-electron chi connectivity index (χ3n) is 4.52. The lowest BCUT2D eigenvalue weighted by atomic mass is 10.2. The molecule has 1 amide bonds. The minimum Gasteiger partial charge on any atom is -0.388 e. The zero-order chi connectivity index (χ0) is 20.2. The van der Waals surface area contributed by atoms with Gasteiger partial charge in [-0.1, -0.05) is 0 Å². The lowest BCUT2D eigenvalue weighted by Gasteiger charge is -2.28. The van der Waals surface area contributed by atoms with Crippen LogP contribution in [0.4, 0.5) is 15.8 Å². The lowest BCUT2D eigenvalue weighted by molar-refractivity contribution is -0.117. The van der Waals surface area contributed by atoms with Gasteiger partial charge in [0.25, 0.3) is 0 Å². The zero-order valence-corrected chi connectivity index (χ0v) is 15.5. The number of halogens is 1. The molecule has 0 unspecified atom stereocenters. The Hall–Kier alpha value is -3.46. The summed E-state index contributed by atoms with van der Waals surface area (Å²) in [5, 5.41) is 6.73. The second kappa shape index (κ2) is 8.27. The van der Waals surface area contributed by atoms with Gasteiger partial charge in [0.1, 0.15) is 12.4 Å². The molecule has 1 aliphatic heterocycles. The number of nitrogens with zero attached hydrogens (tertiary/aromatic N) is 3. The van der Waals surface area contributed by atoms with E-state index < -0.39 is 17.5 Å². The number of benzene rings is 2. The van der Waals surface area contributed by atoms with E-state index in [2.05, 4.69) is 15.3 Å². The summed E-state index contributed by atoms with van der Waals surface area (Å²) in [7, 11) is 0. The van der Waals surface area contributed by atoms with Crippen LogP contribution in [0.3, 0.4) is 0 Å². The van der Waals surface area contributed by atoms with Crippen molar-refractivity contribution in [1.29, 1.82) is 0 Å². The lowest BCUT2D eigenvalue weighted by Crippen LogP contribution is -2.36. The molecule has 0 spiro atoms. The van der Waals surface area contributed by atoms with E-state index in [0.717, 1.165) is 23.5 Å². The smallest absolute Gasteiger partial charge is 0.388 e. The number of hydrogen-bond donors (Lipinski definition) is 1. The van der Waals surface area contributed by atoms with Gasteiger partial charge >= 0.3 is 5.76 Å². The molecule has 9 heteroatoms. The SMILES string of the molecule is O=C(Cn1nc(-c2ccc(F)cc2)oc1=O)Nc1ccc(N2CCOCC2)cc1. The molecule has 3 aromatic rings. The predicted molar refractivity (Wildman–Crippen MR) is 104 cm³/mol. The number of hydrogen-bond acceptors (Lipinski definition) is 6. The second-order valence-electron chi connectivity index (χ2n) is 6.53. The van der Waals surface area contributed by atoms with Crippen molar-refractivity contribution >= 4 is 17.3 Å². The van der Waals surface area contributed by atoms with Crippen LogP contribution in [0.2, 0.25) is 0 Å². The van der Waals surface area contributed by atoms with E-state index in [1.165, 1.54) is 24.3 Å². The molecule has 0 atom stereocenters. The predicted octanol–water partition coefficient (Wildman–Crippen LogP) is 2.12. The maximum atomic E-state index is 13.0. The Morgan fingerprint density at radius 3 is 2.45 bits per heavy atom. The van der Waals surface area contributed by atoms with Gasteiger partial charge in [-0.2, -0.15) is 4.68 Å². The molecule has 1 fully saturated rings. The first-order valence-corrected chi connectivity index (χ1v) is 9.15. The summed E-state index contributed by atoms with van der Waals surface area (Å²) >= 11 is 0. The summed E-state index contributed by atoms with van der Waals surface area (Å²) in [4.78, 5) is 26.4. The Morgan fingerprint density at radius 2 is 1.76 bits per heavy atom. The summed E-state index contributed by atoms with van der Waals surface area (Å²) in [6.07, 6.45) is 0. The van der Waals surface area contributed by atoms with E-state index in [0.29, 0.717) is 24.5 Å². The van der Waals surface area contributed by atoms with Crippen LogP contribution in [0.1, 0.15) is 0 Å². The molecule has 0 radical (unpaired) electrons. The third kappa shape index (κ3) is 4.52. The van der Waals surface area contributed by atoms with Crippen molar-refractivity contribution in [2.45, 2.75) is 6.54 Å². The first-order chi connectivity index (χ1) is 14.1. The van der Waals surface area contributed by atoms with Crippen molar-refractivity contribution in [3.63, 3.8) is 0 Å². The van der Waals surface area contributed by atoms with Crippen molar-refractivity contribution in [2.24, 2.45) is 0 Å². The molecular formula is C20H19FN4O4. The number of morpholine rings is 1. The fourth-order valence-corrected chi connectivity index (χ4v) is 3.03. The molecule has 1 aromatic heterocycles. The van der Waals surface area contributed by atoms with E-state index in [1.54, 1.807) is 12.1 Å². The van der Waals surface area contributed by atoms with E-state index in [9.17, 15) is 14.0 Å². The highest BCUT2D eigenvalue weighted by Gasteiger charge is 2.14. The van der Waals surface area contributed by atoms with E-state index in [4.69, 9.17) is 9.15 Å². The number of amides is 1. The average Bonchev–Trinajstić information content (AvgIpc) is 3.10. The summed E-state index contributed by atoms with van der Waals surface area (Å²) in [6.45, 7) is 2.76. The normalized spacial score (nSPS) is 14.0. The fraction of sp³-hybridized carbons (Fsp3) is 0.250. The highest BCUT2D eigenvalue weighted by atomic mass is 19.1. The van der Waals surface area contributed by atoms with Gasteiger partial charge in [0.05, 0.1) is 13.2 Å². The van der Waals surface area contributed by atoms with Crippen LogP contribution in [-0.2, 0) is 16.1 Å². The molecule has 8 nitrogen and oxygen atoms in total. The summed E-state index contributed by atoms with van der Waals surface area (Å²) in [5.41, 5.74) is 2.12. The Balaban J connectivity index is 1.39. The van der Waals surface area contributed by atoms with Gasteiger partial charge < -0.3 is 19.4 Å². The first-order valence-electron chi connectivity index (χ1n) is 9.15. The molecule has 150 valence electrons. The molecule has 1 N–H and O–H groups in total. The monoisotopic (exact) mass is 398 g/mol. The number of anilines is 2. The van der Waals surface area contributed by atoms with Crippen LogP contribution >= 0.6 is 0 Å². The Kier molecular flexibility index (Phi) is 5.39. The maximum absolute atomic E-state index is 13.0. The Morgan fingerprint density at radius 1 is 1.07 bits per heavy atom. The van der Waals surface area contributed by atoms with E-state index in [-0.39, 0.29) is 12.4 Å². The van der Waals surface area contributed by atoms with Crippen LogP contribution < -0.4 is 16.0 Å². The molecule has 1 aliphatic rings. The zero-order valence-electron chi connectivity index (χ0n) is 15.5. The largest absolute Gasteiger partial charge is 0.437 e. The van der Waals surface area contributed by atoms with Crippen molar-refractivity contribution in [3.8, 4) is 11.5 Å². The molecule has 0 bridgehead atoms. The molecule has 2 heterocycles. The van der Waals surface area contributed by atoms with Gasteiger partial charge in [0.2, 0.25) is 11.8 Å². The molecule has 29 heavy (non-hydrogen) atoms. The van der Waals surface area contributed by atoms with Gasteiger partial charge in [-0.3, -0.25) is 4.79 Å². The van der Waals surface area contributed by atoms with E-state index >= 15 is 0 Å². The van der Waals surface area contributed by atoms with Crippen molar-refractivity contribution in [1.82, 2.24) is 9.78 Å². The number of aromatic nitrogens is 2. The topological polar surface area (TPSA) is 89.6 Å². The highest BCUT2D eigenvalue weighted by Crippen LogP contribution is 2.19. The van der Waals surface area contributed by atoms with E-state index in [1.807, 2.05) is 12.1 Å². The Bertz CT molecular complexity index is 1040. The molecular weight excluding hydrogens is 379 g/mol. The van der Waals surface area contributed by atoms with Crippen molar-refractivity contribution in [3.05, 3.63) is 64.9 Å². The maximum Gasteiger partial charge on any atom is 0.437 e. The van der Waals surface area contributed by atoms with Gasteiger partial charge in [0.15, 0.2) is 0 Å².